The highest BCUT2D eigenvalue weighted by molar-refractivity contribution is 14.1. The van der Waals surface area contributed by atoms with Gasteiger partial charge in [0.15, 0.2) is 8.24 Å². The Bertz CT molecular complexity index is 599. The Kier molecular flexibility index (Phi) is 3.71. The van der Waals surface area contributed by atoms with Crippen LogP contribution in [-0.2, 0) is 0 Å². The summed E-state index contributed by atoms with van der Waals surface area (Å²) >= 11 is 5.93. The minimum absolute atomic E-state index is 0.299. The molecule has 0 aliphatic rings. The molecule has 18 heavy (non-hydrogen) atoms. The molecule has 0 aliphatic carbocycles. The van der Waals surface area contributed by atoms with Gasteiger partial charge in [-0.1, -0.05) is 33.9 Å². The lowest BCUT2D eigenvalue weighted by Crippen LogP contribution is -2.46. The highest BCUT2D eigenvalue weighted by atomic mass is 127. The zero-order valence-corrected chi connectivity index (χ0v) is 16.1. The summed E-state index contributed by atoms with van der Waals surface area (Å²) in [6, 6.07) is 4.38. The van der Waals surface area contributed by atoms with E-state index in [9.17, 15) is 0 Å². The van der Waals surface area contributed by atoms with E-state index in [-0.39, 0.29) is 0 Å². The van der Waals surface area contributed by atoms with Crippen LogP contribution in [0.2, 0.25) is 18.1 Å². The zero-order chi connectivity index (χ0) is 13.7. The third-order valence-corrected chi connectivity index (χ3v) is 10.9. The number of pyridine rings is 1. The molecule has 2 aromatic rings. The van der Waals surface area contributed by atoms with Crippen LogP contribution in [0.3, 0.4) is 0 Å². The summed E-state index contributed by atoms with van der Waals surface area (Å²) in [6.07, 6.45) is 1.89. The maximum absolute atomic E-state index is 4.63. The van der Waals surface area contributed by atoms with Gasteiger partial charge < -0.3 is 4.23 Å². The van der Waals surface area contributed by atoms with Crippen molar-refractivity contribution in [1.82, 2.24) is 9.22 Å². The van der Waals surface area contributed by atoms with Crippen LogP contribution in [-0.4, -0.2) is 17.5 Å². The van der Waals surface area contributed by atoms with Crippen LogP contribution in [0.15, 0.2) is 22.8 Å². The van der Waals surface area contributed by atoms with Crippen molar-refractivity contribution in [2.75, 3.05) is 0 Å². The summed E-state index contributed by atoms with van der Waals surface area (Å²) < 4.78 is 4.81. The van der Waals surface area contributed by atoms with Gasteiger partial charge in [0.25, 0.3) is 0 Å². The fraction of sp³-hybridized carbons (Fsp3) is 0.462. The fourth-order valence-corrected chi connectivity index (χ4v) is 6.61. The van der Waals surface area contributed by atoms with Crippen molar-refractivity contribution in [2.45, 2.75) is 38.9 Å². The van der Waals surface area contributed by atoms with Crippen LogP contribution in [0, 0.1) is 3.70 Å². The van der Waals surface area contributed by atoms with Crippen molar-refractivity contribution in [3.63, 3.8) is 0 Å². The fourth-order valence-electron chi connectivity index (χ4n) is 1.90. The van der Waals surface area contributed by atoms with Gasteiger partial charge in [0.05, 0.1) is 3.70 Å². The number of nitrogens with zero attached hydrogens (tertiary/aromatic N) is 2. The molecule has 0 saturated carbocycles. The predicted molar refractivity (Wildman–Crippen MR) is 92.7 cm³/mol. The molecule has 0 amide bonds. The average Bonchev–Trinajstić information content (AvgIpc) is 2.51. The molecule has 0 bridgehead atoms. The van der Waals surface area contributed by atoms with Gasteiger partial charge in [-0.2, -0.15) is 0 Å². The van der Waals surface area contributed by atoms with E-state index in [1.807, 2.05) is 6.20 Å². The van der Waals surface area contributed by atoms with Gasteiger partial charge in [-0.15, -0.1) is 0 Å². The summed E-state index contributed by atoms with van der Waals surface area (Å²) in [7, 11) is -1.62. The first kappa shape index (κ1) is 14.5. The second-order valence-corrected chi connectivity index (χ2v) is 13.3. The van der Waals surface area contributed by atoms with E-state index in [0.29, 0.717) is 5.04 Å². The molecule has 0 unspecified atom stereocenters. The molecule has 2 rings (SSSR count). The van der Waals surface area contributed by atoms with Crippen molar-refractivity contribution in [3.05, 3.63) is 26.5 Å². The van der Waals surface area contributed by atoms with E-state index in [1.54, 1.807) is 0 Å². The van der Waals surface area contributed by atoms with Gasteiger partial charge in [0.2, 0.25) is 0 Å². The lowest BCUT2D eigenvalue weighted by Gasteiger charge is -2.38. The van der Waals surface area contributed by atoms with Crippen LogP contribution < -0.4 is 0 Å². The van der Waals surface area contributed by atoms with Gasteiger partial charge in [-0.05, 0) is 55.7 Å². The van der Waals surface area contributed by atoms with Crippen LogP contribution in [0.5, 0.6) is 0 Å². The van der Waals surface area contributed by atoms with E-state index >= 15 is 0 Å². The van der Waals surface area contributed by atoms with E-state index < -0.39 is 8.24 Å². The number of aromatic nitrogens is 2. The summed E-state index contributed by atoms with van der Waals surface area (Å²) in [4.78, 5) is 4.63. The maximum Gasteiger partial charge on any atom is 0.164 e. The Morgan fingerprint density at radius 3 is 2.44 bits per heavy atom. The van der Waals surface area contributed by atoms with Gasteiger partial charge in [-0.25, -0.2) is 4.98 Å². The first-order valence-corrected chi connectivity index (χ1v) is 10.8. The minimum Gasteiger partial charge on any atom is -0.348 e. The van der Waals surface area contributed by atoms with Crippen LogP contribution in [0.25, 0.3) is 11.0 Å². The highest BCUT2D eigenvalue weighted by Gasteiger charge is 2.39. The zero-order valence-electron chi connectivity index (χ0n) is 11.4. The normalized spacial score (nSPS) is 13.3. The quantitative estimate of drug-likeness (QED) is 0.440. The molecular formula is C13H18BrIN2Si. The number of halogens is 2. The molecule has 0 spiro atoms. The number of rotatable bonds is 1. The predicted octanol–water partition coefficient (Wildman–Crippen LogP) is 5.26. The van der Waals surface area contributed by atoms with Crippen LogP contribution >= 0.6 is 38.5 Å². The summed E-state index contributed by atoms with van der Waals surface area (Å²) in [5, 5.41) is 1.52. The lowest BCUT2D eigenvalue weighted by atomic mass is 10.2. The largest absolute Gasteiger partial charge is 0.348 e. The molecule has 0 saturated heterocycles. The van der Waals surface area contributed by atoms with Crippen molar-refractivity contribution in [2.24, 2.45) is 0 Å². The standard InChI is InChI=1S/C13H18BrIN2Si/c1-13(2,3)18(4,5)17-11(15)7-9-6-10(14)8-16-12(9)17/h6-8H,1-5H3. The Labute approximate surface area is 132 Å². The van der Waals surface area contributed by atoms with E-state index in [1.165, 1.54) is 9.09 Å². The van der Waals surface area contributed by atoms with Crippen molar-refractivity contribution in [3.8, 4) is 0 Å². The second-order valence-electron chi connectivity index (χ2n) is 6.18. The Balaban J connectivity index is 2.76. The monoisotopic (exact) mass is 436 g/mol. The lowest BCUT2D eigenvalue weighted by molar-refractivity contribution is 0.700. The Morgan fingerprint density at radius 2 is 1.89 bits per heavy atom. The highest BCUT2D eigenvalue weighted by Crippen LogP contribution is 2.40. The molecule has 2 heterocycles. The summed E-state index contributed by atoms with van der Waals surface area (Å²) in [5.74, 6) is 0. The van der Waals surface area contributed by atoms with E-state index in [4.69, 9.17) is 0 Å². The molecule has 2 aromatic heterocycles. The number of fused-ring (bicyclic) bond motifs is 1. The van der Waals surface area contributed by atoms with Crippen molar-refractivity contribution in [1.29, 1.82) is 0 Å². The first-order chi connectivity index (χ1) is 8.14. The minimum atomic E-state index is -1.62. The van der Waals surface area contributed by atoms with Crippen molar-refractivity contribution >= 4 is 57.8 Å². The molecule has 0 fully saturated rings. The third kappa shape index (κ3) is 2.29. The second kappa shape index (κ2) is 4.59. The van der Waals surface area contributed by atoms with E-state index in [0.717, 1.165) is 10.1 Å². The average molecular weight is 437 g/mol. The smallest absolute Gasteiger partial charge is 0.164 e. The van der Waals surface area contributed by atoms with Gasteiger partial charge in [0, 0.05) is 16.1 Å². The third-order valence-electron chi connectivity index (χ3n) is 3.96. The molecule has 2 nitrogen and oxygen atoms in total. The van der Waals surface area contributed by atoms with Gasteiger partial charge in [-0.3, -0.25) is 0 Å². The summed E-state index contributed by atoms with van der Waals surface area (Å²) in [6.45, 7) is 11.8. The van der Waals surface area contributed by atoms with Gasteiger partial charge in [0.1, 0.15) is 5.65 Å². The molecular weight excluding hydrogens is 419 g/mol. The summed E-state index contributed by atoms with van der Waals surface area (Å²) in [5.41, 5.74) is 1.12. The Morgan fingerprint density at radius 1 is 1.28 bits per heavy atom. The van der Waals surface area contributed by atoms with Crippen molar-refractivity contribution < 1.29 is 0 Å². The molecule has 0 radical (unpaired) electrons. The molecule has 0 aliphatic heterocycles. The molecule has 0 atom stereocenters. The molecule has 0 aromatic carbocycles. The SMILES string of the molecule is CC(C)(C)[Si](C)(C)n1c(I)cc2cc(Br)cnc21. The van der Waals surface area contributed by atoms with Crippen LogP contribution in [0.1, 0.15) is 20.8 Å². The van der Waals surface area contributed by atoms with Crippen LogP contribution in [0.4, 0.5) is 0 Å². The number of hydrogen-bond acceptors (Lipinski definition) is 1. The molecule has 5 heteroatoms. The topological polar surface area (TPSA) is 17.8 Å². The first-order valence-electron chi connectivity index (χ1n) is 5.97. The molecule has 98 valence electrons. The number of hydrogen-bond donors (Lipinski definition) is 0. The van der Waals surface area contributed by atoms with Gasteiger partial charge >= 0.3 is 0 Å². The van der Waals surface area contributed by atoms with E-state index in [2.05, 4.69) is 93.7 Å². The molecule has 0 N–H and O–H groups in total. The maximum atomic E-state index is 4.63. The Hall–Kier alpha value is 0.117.